The number of nitrogens with zero attached hydrogens (tertiary/aromatic N) is 1. The van der Waals surface area contributed by atoms with Crippen LogP contribution in [-0.4, -0.2) is 9.97 Å². The van der Waals surface area contributed by atoms with Crippen LogP contribution in [-0.2, 0) is 0 Å². The molecule has 2 rings (SSSR count). The third-order valence-electron chi connectivity index (χ3n) is 2.57. The zero-order valence-corrected chi connectivity index (χ0v) is 7.22. The molecule has 0 amide bonds. The molecule has 4 heteroatoms. The molecule has 1 aliphatic carbocycles. The molecule has 0 unspecified atom stereocenters. The normalized spacial score (nSPS) is 17.9. The zero-order valence-electron chi connectivity index (χ0n) is 7.22. The predicted molar refractivity (Wildman–Crippen MR) is 46.0 cm³/mol. The summed E-state index contributed by atoms with van der Waals surface area (Å²) in [5.41, 5.74) is -0.307. The average molecular weight is 182 g/mol. The molecular weight excluding hydrogens is 171 g/mol. The Hall–Kier alpha value is -1.19. The molecule has 3 nitrogen and oxygen atoms in total. The Labute approximate surface area is 75.0 Å². The van der Waals surface area contributed by atoms with Crippen LogP contribution < -0.4 is 5.56 Å². The molecule has 0 aromatic carbocycles. The molecule has 0 spiro atoms. The number of H-pyrrole nitrogens is 1. The fraction of sp³-hybridized carbons (Fsp3) is 0.556. The van der Waals surface area contributed by atoms with Gasteiger partial charge in [0.15, 0.2) is 0 Å². The highest BCUT2D eigenvalue weighted by atomic mass is 19.1. The molecular formula is C9H11FN2O. The van der Waals surface area contributed by atoms with E-state index in [0.29, 0.717) is 5.69 Å². The van der Waals surface area contributed by atoms with Gasteiger partial charge in [-0.25, -0.2) is 4.98 Å². The smallest absolute Gasteiger partial charge is 0.287 e. The molecule has 1 saturated carbocycles. The fourth-order valence-electron chi connectivity index (χ4n) is 1.88. The van der Waals surface area contributed by atoms with Gasteiger partial charge in [-0.15, -0.1) is 0 Å². The highest BCUT2D eigenvalue weighted by molar-refractivity contribution is 5.10. The average Bonchev–Trinajstić information content (AvgIpc) is 2.62. The van der Waals surface area contributed by atoms with E-state index in [1.807, 2.05) is 0 Å². The molecule has 0 aliphatic heterocycles. The van der Waals surface area contributed by atoms with Crippen molar-refractivity contribution in [3.63, 3.8) is 0 Å². The van der Waals surface area contributed by atoms with E-state index < -0.39 is 11.4 Å². The minimum Gasteiger partial charge on any atom is -0.311 e. The van der Waals surface area contributed by atoms with Gasteiger partial charge < -0.3 is 4.98 Å². The third kappa shape index (κ3) is 1.48. The van der Waals surface area contributed by atoms with E-state index in [4.69, 9.17) is 0 Å². The van der Waals surface area contributed by atoms with E-state index in [0.717, 1.165) is 25.7 Å². The third-order valence-corrected chi connectivity index (χ3v) is 2.57. The highest BCUT2D eigenvalue weighted by Crippen LogP contribution is 2.33. The van der Waals surface area contributed by atoms with E-state index >= 15 is 0 Å². The molecule has 70 valence electrons. The Morgan fingerprint density at radius 2 is 2.15 bits per heavy atom. The molecule has 1 aliphatic rings. The van der Waals surface area contributed by atoms with Crippen LogP contribution in [0.1, 0.15) is 37.3 Å². The Kier molecular flexibility index (Phi) is 2.12. The van der Waals surface area contributed by atoms with Gasteiger partial charge in [0.05, 0.1) is 12.0 Å². The lowest BCUT2D eigenvalue weighted by Gasteiger charge is -2.07. The Bertz CT molecular complexity index is 355. The van der Waals surface area contributed by atoms with Crippen molar-refractivity contribution in [1.29, 1.82) is 0 Å². The Morgan fingerprint density at radius 1 is 1.46 bits per heavy atom. The standard InChI is InChI=1S/C9H11FN2O/c10-7-8(6-3-1-2-4-6)11-5-12-9(7)13/h5-6H,1-4H2,(H,11,12,13). The van der Waals surface area contributed by atoms with Gasteiger partial charge in [0.1, 0.15) is 0 Å². The van der Waals surface area contributed by atoms with Gasteiger partial charge in [0.25, 0.3) is 5.56 Å². The molecule has 1 heterocycles. The molecule has 0 radical (unpaired) electrons. The van der Waals surface area contributed by atoms with Gasteiger partial charge in [0.2, 0.25) is 5.82 Å². The first-order valence-corrected chi connectivity index (χ1v) is 4.52. The van der Waals surface area contributed by atoms with Gasteiger partial charge in [0, 0.05) is 5.92 Å². The second-order valence-corrected chi connectivity index (χ2v) is 3.41. The van der Waals surface area contributed by atoms with Crippen molar-refractivity contribution in [2.75, 3.05) is 0 Å². The molecule has 1 aromatic rings. The molecule has 0 bridgehead atoms. The van der Waals surface area contributed by atoms with Crippen molar-refractivity contribution in [3.05, 3.63) is 28.2 Å². The number of hydrogen-bond acceptors (Lipinski definition) is 2. The second-order valence-electron chi connectivity index (χ2n) is 3.41. The zero-order chi connectivity index (χ0) is 9.26. The number of hydrogen-bond donors (Lipinski definition) is 1. The van der Waals surface area contributed by atoms with Crippen LogP contribution in [0.5, 0.6) is 0 Å². The summed E-state index contributed by atoms with van der Waals surface area (Å²) in [5.74, 6) is -0.545. The Morgan fingerprint density at radius 3 is 2.85 bits per heavy atom. The van der Waals surface area contributed by atoms with Crippen LogP contribution in [0.15, 0.2) is 11.1 Å². The van der Waals surface area contributed by atoms with Crippen LogP contribution >= 0.6 is 0 Å². The van der Waals surface area contributed by atoms with Gasteiger partial charge in [-0.3, -0.25) is 4.79 Å². The van der Waals surface area contributed by atoms with Crippen LogP contribution in [0.3, 0.4) is 0 Å². The van der Waals surface area contributed by atoms with Crippen LogP contribution in [0.25, 0.3) is 0 Å². The maximum Gasteiger partial charge on any atom is 0.287 e. The summed E-state index contributed by atoms with van der Waals surface area (Å²) in [7, 11) is 0. The summed E-state index contributed by atoms with van der Waals surface area (Å²) in [6.45, 7) is 0. The Balaban J connectivity index is 2.39. The largest absolute Gasteiger partial charge is 0.311 e. The minimum atomic E-state index is -0.700. The maximum absolute atomic E-state index is 13.2. The molecule has 0 saturated heterocycles. The summed E-state index contributed by atoms with van der Waals surface area (Å²) < 4.78 is 13.2. The van der Waals surface area contributed by atoms with Crippen molar-refractivity contribution in [2.24, 2.45) is 0 Å². The van der Waals surface area contributed by atoms with Crippen molar-refractivity contribution >= 4 is 0 Å². The highest BCUT2D eigenvalue weighted by Gasteiger charge is 2.22. The summed E-state index contributed by atoms with van der Waals surface area (Å²) in [5, 5.41) is 0. The monoisotopic (exact) mass is 182 g/mol. The minimum absolute atomic E-state index is 0.155. The predicted octanol–water partition coefficient (Wildman–Crippen LogP) is 1.57. The summed E-state index contributed by atoms with van der Waals surface area (Å²) in [6.07, 6.45) is 5.40. The fourth-order valence-corrected chi connectivity index (χ4v) is 1.88. The van der Waals surface area contributed by atoms with Gasteiger partial charge in [-0.1, -0.05) is 12.8 Å². The maximum atomic E-state index is 13.2. The van der Waals surface area contributed by atoms with Gasteiger partial charge in [-0.2, -0.15) is 4.39 Å². The first-order valence-electron chi connectivity index (χ1n) is 4.52. The summed E-state index contributed by atoms with van der Waals surface area (Å²) in [6, 6.07) is 0. The first-order chi connectivity index (χ1) is 6.29. The number of aromatic amines is 1. The quantitative estimate of drug-likeness (QED) is 0.716. The van der Waals surface area contributed by atoms with Crippen LogP contribution in [0, 0.1) is 5.82 Å². The molecule has 13 heavy (non-hydrogen) atoms. The van der Waals surface area contributed by atoms with Crippen molar-refractivity contribution in [1.82, 2.24) is 9.97 Å². The number of aromatic nitrogens is 2. The molecule has 1 N–H and O–H groups in total. The topological polar surface area (TPSA) is 45.8 Å². The lowest BCUT2D eigenvalue weighted by molar-refractivity contribution is 0.546. The van der Waals surface area contributed by atoms with Crippen LogP contribution in [0.4, 0.5) is 4.39 Å². The SMILES string of the molecule is O=c1[nH]cnc(C2CCCC2)c1F. The molecule has 1 fully saturated rings. The van der Waals surface area contributed by atoms with Gasteiger partial charge in [-0.05, 0) is 12.8 Å². The summed E-state index contributed by atoms with van der Waals surface area (Å²) in [4.78, 5) is 17.0. The van der Waals surface area contributed by atoms with Crippen LogP contribution in [0.2, 0.25) is 0 Å². The van der Waals surface area contributed by atoms with Gasteiger partial charge >= 0.3 is 0 Å². The first kappa shape index (κ1) is 8.41. The van der Waals surface area contributed by atoms with Crippen molar-refractivity contribution < 1.29 is 4.39 Å². The van der Waals surface area contributed by atoms with E-state index in [1.165, 1.54) is 6.33 Å². The number of nitrogens with one attached hydrogen (secondary N) is 1. The lowest BCUT2D eigenvalue weighted by Crippen LogP contribution is -2.16. The van der Waals surface area contributed by atoms with E-state index in [9.17, 15) is 9.18 Å². The van der Waals surface area contributed by atoms with Crippen molar-refractivity contribution in [3.8, 4) is 0 Å². The lowest BCUT2D eigenvalue weighted by atomic mass is 10.0. The summed E-state index contributed by atoms with van der Waals surface area (Å²) >= 11 is 0. The van der Waals surface area contributed by atoms with Crippen molar-refractivity contribution in [2.45, 2.75) is 31.6 Å². The molecule has 0 atom stereocenters. The van der Waals surface area contributed by atoms with E-state index in [1.54, 1.807) is 0 Å². The number of rotatable bonds is 1. The molecule has 1 aromatic heterocycles. The number of halogens is 1. The second kappa shape index (κ2) is 3.28. The van der Waals surface area contributed by atoms with E-state index in [2.05, 4.69) is 9.97 Å². The van der Waals surface area contributed by atoms with E-state index in [-0.39, 0.29) is 5.92 Å².